The second-order valence-corrected chi connectivity index (χ2v) is 2.15. The first-order chi connectivity index (χ1) is 3.83. The number of H-pyrrole nitrogens is 1. The van der Waals surface area contributed by atoms with E-state index in [4.69, 9.17) is 0 Å². The molecule has 0 amide bonds. The van der Waals surface area contributed by atoms with Crippen LogP contribution in [0.25, 0.3) is 6.08 Å². The number of hydrogen-bond donors (Lipinski definition) is 1. The van der Waals surface area contributed by atoms with Crippen molar-refractivity contribution in [2.24, 2.45) is 0 Å². The standard InChI is InChI=1S/C5H5NOS/c1-2-4-3-8-5(7)6-4/h2-3H,1H2,(H,6,7). The Morgan fingerprint density at radius 1 is 1.88 bits per heavy atom. The van der Waals surface area contributed by atoms with Crippen molar-refractivity contribution in [1.29, 1.82) is 0 Å². The molecule has 0 atom stereocenters. The molecule has 0 saturated carbocycles. The van der Waals surface area contributed by atoms with Crippen molar-refractivity contribution in [3.63, 3.8) is 0 Å². The van der Waals surface area contributed by atoms with Crippen molar-refractivity contribution in [2.75, 3.05) is 0 Å². The first kappa shape index (κ1) is 5.31. The molecule has 0 aromatic carbocycles. The molecule has 8 heavy (non-hydrogen) atoms. The second kappa shape index (κ2) is 1.96. The zero-order chi connectivity index (χ0) is 5.98. The average Bonchev–Trinajstić information content (AvgIpc) is 2.14. The molecule has 3 heteroatoms. The van der Waals surface area contributed by atoms with Gasteiger partial charge in [0.2, 0.25) is 0 Å². The largest absolute Gasteiger partial charge is 0.313 e. The highest BCUT2D eigenvalue weighted by atomic mass is 32.1. The van der Waals surface area contributed by atoms with Crippen molar-refractivity contribution in [3.8, 4) is 0 Å². The maximum atomic E-state index is 10.4. The third-order valence-corrected chi connectivity index (χ3v) is 1.45. The molecule has 1 N–H and O–H groups in total. The predicted molar refractivity (Wildman–Crippen MR) is 35.0 cm³/mol. The summed E-state index contributed by atoms with van der Waals surface area (Å²) < 4.78 is 0. The Kier molecular flexibility index (Phi) is 1.30. The Bertz CT molecular complexity index is 235. The Hall–Kier alpha value is -0.830. The van der Waals surface area contributed by atoms with Crippen LogP contribution < -0.4 is 4.87 Å². The highest BCUT2D eigenvalue weighted by molar-refractivity contribution is 7.07. The first-order valence-corrected chi connectivity index (χ1v) is 3.01. The van der Waals surface area contributed by atoms with Gasteiger partial charge in [0.05, 0.1) is 5.69 Å². The average molecular weight is 127 g/mol. The number of nitrogens with one attached hydrogen (secondary N) is 1. The van der Waals surface area contributed by atoms with Crippen molar-refractivity contribution < 1.29 is 0 Å². The molecular weight excluding hydrogens is 122 g/mol. The summed E-state index contributed by atoms with van der Waals surface area (Å²) in [6, 6.07) is 0. The molecule has 2 nitrogen and oxygen atoms in total. The highest BCUT2D eigenvalue weighted by Crippen LogP contribution is 1.94. The van der Waals surface area contributed by atoms with Crippen LogP contribution in [0.4, 0.5) is 0 Å². The van der Waals surface area contributed by atoms with E-state index < -0.39 is 0 Å². The Morgan fingerprint density at radius 3 is 2.88 bits per heavy atom. The van der Waals surface area contributed by atoms with E-state index in [0.717, 1.165) is 17.0 Å². The zero-order valence-electron chi connectivity index (χ0n) is 4.18. The van der Waals surface area contributed by atoms with Crippen molar-refractivity contribution in [3.05, 3.63) is 27.3 Å². The summed E-state index contributed by atoms with van der Waals surface area (Å²) in [4.78, 5) is 12.9. The van der Waals surface area contributed by atoms with Gasteiger partial charge in [0.25, 0.3) is 0 Å². The molecule has 0 spiro atoms. The van der Waals surface area contributed by atoms with Crippen LogP contribution in [0, 0.1) is 0 Å². The number of hydrogen-bond acceptors (Lipinski definition) is 2. The van der Waals surface area contributed by atoms with Crippen LogP contribution in [-0.4, -0.2) is 4.98 Å². The van der Waals surface area contributed by atoms with Gasteiger partial charge in [-0.25, -0.2) is 0 Å². The van der Waals surface area contributed by atoms with Gasteiger partial charge in [-0.2, -0.15) is 0 Å². The van der Waals surface area contributed by atoms with Crippen LogP contribution >= 0.6 is 11.3 Å². The molecule has 0 radical (unpaired) electrons. The Balaban J connectivity index is 3.18. The van der Waals surface area contributed by atoms with Crippen LogP contribution in [0.1, 0.15) is 5.69 Å². The summed E-state index contributed by atoms with van der Waals surface area (Å²) in [5, 5.41) is 1.73. The lowest BCUT2D eigenvalue weighted by Gasteiger charge is -1.72. The summed E-state index contributed by atoms with van der Waals surface area (Å²) in [5.74, 6) is 0. The van der Waals surface area contributed by atoms with Crippen LogP contribution in [0.3, 0.4) is 0 Å². The summed E-state index contributed by atoms with van der Waals surface area (Å²) in [5.41, 5.74) is 0.792. The Morgan fingerprint density at radius 2 is 2.62 bits per heavy atom. The smallest absolute Gasteiger partial charge is 0.304 e. The fourth-order valence-corrected chi connectivity index (χ4v) is 0.959. The minimum atomic E-state index is -0.0279. The lowest BCUT2D eigenvalue weighted by Crippen LogP contribution is -1.91. The molecule has 1 rings (SSSR count). The molecule has 0 saturated heterocycles. The van der Waals surface area contributed by atoms with E-state index in [2.05, 4.69) is 11.6 Å². The van der Waals surface area contributed by atoms with E-state index in [1.54, 1.807) is 11.5 Å². The molecule has 1 aromatic rings. The van der Waals surface area contributed by atoms with E-state index >= 15 is 0 Å². The monoisotopic (exact) mass is 127 g/mol. The van der Waals surface area contributed by atoms with Gasteiger partial charge in [0.1, 0.15) is 0 Å². The second-order valence-electron chi connectivity index (χ2n) is 1.31. The SMILES string of the molecule is C=Cc1csc(=O)[nH]1. The predicted octanol–water partition coefficient (Wildman–Crippen LogP) is 1.08. The lowest BCUT2D eigenvalue weighted by atomic mass is 10.5. The minimum Gasteiger partial charge on any atom is -0.313 e. The number of rotatable bonds is 1. The Labute approximate surface area is 50.5 Å². The summed E-state index contributed by atoms with van der Waals surface area (Å²) in [6.07, 6.45) is 1.61. The molecule has 0 aliphatic carbocycles. The molecule has 0 unspecified atom stereocenters. The maximum absolute atomic E-state index is 10.4. The third-order valence-electron chi connectivity index (χ3n) is 0.759. The minimum absolute atomic E-state index is 0.0279. The fraction of sp³-hybridized carbons (Fsp3) is 0. The number of aromatic nitrogens is 1. The van der Waals surface area contributed by atoms with Gasteiger partial charge in [0, 0.05) is 5.38 Å². The number of thiazole rings is 1. The molecular formula is C5H5NOS. The fourth-order valence-electron chi connectivity index (χ4n) is 0.393. The van der Waals surface area contributed by atoms with Gasteiger partial charge in [0.15, 0.2) is 0 Å². The van der Waals surface area contributed by atoms with E-state index in [1.165, 1.54) is 0 Å². The van der Waals surface area contributed by atoms with Gasteiger partial charge in [-0.1, -0.05) is 17.9 Å². The molecule has 1 heterocycles. The molecule has 42 valence electrons. The van der Waals surface area contributed by atoms with Gasteiger partial charge in [-0.3, -0.25) is 4.79 Å². The lowest BCUT2D eigenvalue weighted by molar-refractivity contribution is 1.31. The zero-order valence-corrected chi connectivity index (χ0v) is 4.99. The molecule has 0 aliphatic rings. The van der Waals surface area contributed by atoms with Crippen molar-refractivity contribution >= 4 is 17.4 Å². The normalized spacial score (nSPS) is 9.00. The quantitative estimate of drug-likeness (QED) is 0.601. The topological polar surface area (TPSA) is 32.9 Å². The van der Waals surface area contributed by atoms with E-state index in [1.807, 2.05) is 0 Å². The van der Waals surface area contributed by atoms with Gasteiger partial charge in [-0.15, -0.1) is 0 Å². The van der Waals surface area contributed by atoms with E-state index in [0.29, 0.717) is 0 Å². The summed E-state index contributed by atoms with van der Waals surface area (Å²) in [7, 11) is 0. The van der Waals surface area contributed by atoms with Gasteiger partial charge in [-0.05, 0) is 6.08 Å². The van der Waals surface area contributed by atoms with Crippen LogP contribution in [0.15, 0.2) is 16.8 Å². The molecule has 0 aliphatic heterocycles. The number of aromatic amines is 1. The van der Waals surface area contributed by atoms with Crippen LogP contribution in [-0.2, 0) is 0 Å². The van der Waals surface area contributed by atoms with Crippen molar-refractivity contribution in [2.45, 2.75) is 0 Å². The highest BCUT2D eigenvalue weighted by Gasteiger charge is 1.85. The first-order valence-electron chi connectivity index (χ1n) is 2.13. The van der Waals surface area contributed by atoms with E-state index in [9.17, 15) is 4.79 Å². The molecule has 1 aromatic heterocycles. The molecule has 0 bridgehead atoms. The van der Waals surface area contributed by atoms with Gasteiger partial charge >= 0.3 is 4.87 Å². The summed E-state index contributed by atoms with van der Waals surface area (Å²) >= 11 is 1.15. The van der Waals surface area contributed by atoms with Gasteiger partial charge < -0.3 is 4.98 Å². The van der Waals surface area contributed by atoms with E-state index in [-0.39, 0.29) is 4.87 Å². The van der Waals surface area contributed by atoms with Crippen molar-refractivity contribution in [1.82, 2.24) is 4.98 Å². The maximum Gasteiger partial charge on any atom is 0.304 e. The molecule has 0 fully saturated rings. The summed E-state index contributed by atoms with van der Waals surface area (Å²) in [6.45, 7) is 3.48. The third kappa shape index (κ3) is 0.869. The van der Waals surface area contributed by atoms with Crippen LogP contribution in [0.5, 0.6) is 0 Å². The van der Waals surface area contributed by atoms with Crippen LogP contribution in [0.2, 0.25) is 0 Å².